The second-order valence-corrected chi connectivity index (χ2v) is 7.08. The zero-order valence-electron chi connectivity index (χ0n) is 14.2. The highest BCUT2D eigenvalue weighted by atomic mass is 16.5. The molecule has 3 atom stereocenters. The Hall–Kier alpha value is -2.15. The van der Waals surface area contributed by atoms with Crippen molar-refractivity contribution in [3.8, 4) is 0 Å². The van der Waals surface area contributed by atoms with Crippen LogP contribution < -0.4 is 0 Å². The number of carbonyl (C=O) groups is 1. The van der Waals surface area contributed by atoms with Gasteiger partial charge in [0.15, 0.2) is 0 Å². The number of hydrogen-bond acceptors (Lipinski definition) is 5. The van der Waals surface area contributed by atoms with Crippen LogP contribution in [0.15, 0.2) is 16.8 Å². The lowest BCUT2D eigenvalue weighted by Gasteiger charge is -2.43. The molecule has 7 nitrogen and oxygen atoms in total. The monoisotopic (exact) mass is 330 g/mol. The minimum atomic E-state index is -0.924. The Labute approximate surface area is 140 Å². The van der Waals surface area contributed by atoms with E-state index < -0.39 is 5.60 Å². The highest BCUT2D eigenvalue weighted by Gasteiger charge is 2.51. The second-order valence-electron chi connectivity index (χ2n) is 7.08. The summed E-state index contributed by atoms with van der Waals surface area (Å²) in [4.78, 5) is 15.0. The zero-order chi connectivity index (χ0) is 17.1. The predicted molar refractivity (Wildman–Crippen MR) is 85.3 cm³/mol. The maximum atomic E-state index is 13.1. The van der Waals surface area contributed by atoms with E-state index in [-0.39, 0.29) is 18.0 Å². The number of carbonyl (C=O) groups excluding carboxylic acids is 1. The molecule has 1 amide bonds. The predicted octanol–water partition coefficient (Wildman–Crippen LogP) is 1.68. The molecular formula is C17H22N4O3. The number of aromatic nitrogens is 3. The van der Waals surface area contributed by atoms with Crippen LogP contribution in [0, 0.1) is 13.8 Å². The van der Waals surface area contributed by atoms with Crippen molar-refractivity contribution < 1.29 is 14.4 Å². The summed E-state index contributed by atoms with van der Waals surface area (Å²) in [6, 6.07) is 1.93. The van der Waals surface area contributed by atoms with Crippen LogP contribution in [0.3, 0.4) is 0 Å². The van der Waals surface area contributed by atoms with Crippen LogP contribution in [-0.2, 0) is 12.6 Å². The average Bonchev–Trinajstić information content (AvgIpc) is 3.17. The van der Waals surface area contributed by atoms with E-state index in [1.165, 1.54) is 0 Å². The summed E-state index contributed by atoms with van der Waals surface area (Å²) in [7, 11) is 1.84. The van der Waals surface area contributed by atoms with Gasteiger partial charge in [-0.15, -0.1) is 0 Å². The van der Waals surface area contributed by atoms with Crippen molar-refractivity contribution in [2.75, 3.05) is 0 Å². The van der Waals surface area contributed by atoms with Crippen LogP contribution in [0.2, 0.25) is 0 Å². The van der Waals surface area contributed by atoms with Gasteiger partial charge >= 0.3 is 0 Å². The summed E-state index contributed by atoms with van der Waals surface area (Å²) >= 11 is 0. The van der Waals surface area contributed by atoms with Gasteiger partial charge in [0.05, 0.1) is 11.4 Å². The topological polar surface area (TPSA) is 84.4 Å². The van der Waals surface area contributed by atoms with E-state index >= 15 is 0 Å². The summed E-state index contributed by atoms with van der Waals surface area (Å²) in [6.07, 6.45) is 4.62. The minimum absolute atomic E-state index is 0.0224. The Kier molecular flexibility index (Phi) is 3.32. The first-order valence-electron chi connectivity index (χ1n) is 8.37. The standard InChI is InChI=1S/C17H22N4O3/c1-10-15(11(2)24-19-10)16(22)21-12-4-5-13(21)9-17(23,8-12)14-6-7-18-20(14)3/h6-7,12-13,23H,4-5,8-9H2,1-3H3/t12-,13+,17?. The minimum Gasteiger partial charge on any atom is -0.383 e. The molecule has 0 aromatic carbocycles. The first-order valence-corrected chi connectivity index (χ1v) is 8.37. The SMILES string of the molecule is Cc1noc(C)c1C(=O)N1[C@@H]2CC[C@H]1CC(O)(c1ccnn1C)C2. The molecule has 0 spiro atoms. The zero-order valence-corrected chi connectivity index (χ0v) is 14.2. The lowest BCUT2D eigenvalue weighted by molar-refractivity contribution is -0.0530. The first-order chi connectivity index (χ1) is 11.4. The quantitative estimate of drug-likeness (QED) is 0.905. The van der Waals surface area contributed by atoms with E-state index in [0.717, 1.165) is 18.5 Å². The molecule has 4 rings (SSSR count). The molecule has 0 radical (unpaired) electrons. The second kappa shape index (κ2) is 5.17. The third kappa shape index (κ3) is 2.11. The van der Waals surface area contributed by atoms with E-state index in [2.05, 4.69) is 10.3 Å². The maximum Gasteiger partial charge on any atom is 0.259 e. The fraction of sp³-hybridized carbons (Fsp3) is 0.588. The lowest BCUT2D eigenvalue weighted by Crippen LogP contribution is -2.52. The van der Waals surface area contributed by atoms with Gasteiger partial charge in [0, 0.05) is 38.2 Å². The molecule has 128 valence electrons. The van der Waals surface area contributed by atoms with Crippen molar-refractivity contribution >= 4 is 5.91 Å². The van der Waals surface area contributed by atoms with Gasteiger partial charge in [0.1, 0.15) is 16.9 Å². The van der Waals surface area contributed by atoms with E-state index in [0.29, 0.717) is 29.9 Å². The van der Waals surface area contributed by atoms with E-state index in [1.54, 1.807) is 24.7 Å². The molecule has 0 saturated carbocycles. The third-order valence-electron chi connectivity index (χ3n) is 5.55. The van der Waals surface area contributed by atoms with Gasteiger partial charge in [-0.1, -0.05) is 5.16 Å². The van der Waals surface area contributed by atoms with Gasteiger partial charge in [-0.2, -0.15) is 5.10 Å². The highest BCUT2D eigenvalue weighted by Crippen LogP contribution is 2.46. The van der Waals surface area contributed by atoms with Crippen LogP contribution in [0.4, 0.5) is 0 Å². The lowest BCUT2D eigenvalue weighted by atomic mass is 9.83. The average molecular weight is 330 g/mol. The Morgan fingerprint density at radius 1 is 1.33 bits per heavy atom. The molecule has 24 heavy (non-hydrogen) atoms. The number of fused-ring (bicyclic) bond motifs is 2. The Balaban J connectivity index is 1.64. The highest BCUT2D eigenvalue weighted by molar-refractivity contribution is 5.96. The molecule has 2 aromatic heterocycles. The van der Waals surface area contributed by atoms with Crippen molar-refractivity contribution in [3.63, 3.8) is 0 Å². The molecule has 2 fully saturated rings. The molecule has 0 aliphatic carbocycles. The Bertz CT molecular complexity index is 760. The van der Waals surface area contributed by atoms with Crippen LogP contribution in [0.5, 0.6) is 0 Å². The van der Waals surface area contributed by atoms with Gasteiger partial charge in [-0.05, 0) is 32.8 Å². The molecule has 2 aromatic rings. The Morgan fingerprint density at radius 3 is 2.50 bits per heavy atom. The number of amides is 1. The van der Waals surface area contributed by atoms with Gasteiger partial charge in [-0.3, -0.25) is 9.48 Å². The molecule has 2 aliphatic heterocycles. The summed E-state index contributed by atoms with van der Waals surface area (Å²) in [5.41, 5.74) is 1.10. The van der Waals surface area contributed by atoms with Crippen LogP contribution in [-0.4, -0.2) is 42.9 Å². The van der Waals surface area contributed by atoms with Crippen LogP contribution in [0.1, 0.15) is 53.2 Å². The van der Waals surface area contributed by atoms with Crippen LogP contribution >= 0.6 is 0 Å². The number of nitrogens with zero attached hydrogens (tertiary/aromatic N) is 4. The number of piperidine rings is 1. The smallest absolute Gasteiger partial charge is 0.259 e. The number of aryl methyl sites for hydroxylation is 3. The summed E-state index contributed by atoms with van der Waals surface area (Å²) < 4.78 is 6.88. The van der Waals surface area contributed by atoms with E-state index in [1.807, 2.05) is 18.0 Å². The van der Waals surface area contributed by atoms with Gasteiger partial charge in [0.25, 0.3) is 5.91 Å². The molecular weight excluding hydrogens is 308 g/mol. The van der Waals surface area contributed by atoms with Crippen molar-refractivity contribution in [3.05, 3.63) is 35.0 Å². The fourth-order valence-corrected chi connectivity index (χ4v) is 4.51. The molecule has 2 saturated heterocycles. The molecule has 1 N–H and O–H groups in total. The number of hydrogen-bond donors (Lipinski definition) is 1. The van der Waals surface area contributed by atoms with Crippen molar-refractivity contribution in [2.45, 2.75) is 57.2 Å². The summed E-state index contributed by atoms with van der Waals surface area (Å²) in [6.45, 7) is 3.56. The summed E-state index contributed by atoms with van der Waals surface area (Å²) in [5.74, 6) is 0.537. The number of rotatable bonds is 2. The van der Waals surface area contributed by atoms with Gasteiger partial charge < -0.3 is 14.5 Å². The largest absolute Gasteiger partial charge is 0.383 e. The van der Waals surface area contributed by atoms with Crippen molar-refractivity contribution in [1.82, 2.24) is 19.8 Å². The van der Waals surface area contributed by atoms with E-state index in [4.69, 9.17) is 4.52 Å². The third-order valence-corrected chi connectivity index (χ3v) is 5.55. The van der Waals surface area contributed by atoms with Crippen LogP contribution in [0.25, 0.3) is 0 Å². The van der Waals surface area contributed by atoms with Crippen molar-refractivity contribution in [2.24, 2.45) is 7.05 Å². The normalized spacial score (nSPS) is 29.2. The van der Waals surface area contributed by atoms with Gasteiger partial charge in [-0.25, -0.2) is 0 Å². The Morgan fingerprint density at radius 2 is 2.00 bits per heavy atom. The molecule has 7 heteroatoms. The summed E-state index contributed by atoms with van der Waals surface area (Å²) in [5, 5.41) is 19.3. The first kappa shape index (κ1) is 15.4. The molecule has 4 heterocycles. The molecule has 2 aliphatic rings. The molecule has 2 bridgehead atoms. The van der Waals surface area contributed by atoms with E-state index in [9.17, 15) is 9.90 Å². The van der Waals surface area contributed by atoms with Crippen molar-refractivity contribution in [1.29, 1.82) is 0 Å². The van der Waals surface area contributed by atoms with Gasteiger partial charge in [0.2, 0.25) is 0 Å². The fourth-order valence-electron chi connectivity index (χ4n) is 4.51. The number of aliphatic hydroxyl groups is 1. The molecule has 1 unspecified atom stereocenters. The maximum absolute atomic E-state index is 13.1.